The minimum atomic E-state index is -3.74. The molecule has 4 nitrogen and oxygen atoms in total. The second kappa shape index (κ2) is 5.35. The molecule has 0 spiro atoms. The second-order valence-electron chi connectivity index (χ2n) is 5.94. The highest BCUT2D eigenvalue weighted by Gasteiger charge is 2.39. The second-order valence-corrected chi connectivity index (χ2v) is 8.62. The number of fused-ring (bicyclic) bond motifs is 1. The van der Waals surface area contributed by atoms with E-state index in [0.29, 0.717) is 34.2 Å². The van der Waals surface area contributed by atoms with Gasteiger partial charge < -0.3 is 0 Å². The molecule has 6 heteroatoms. The lowest BCUT2D eigenvalue weighted by Crippen LogP contribution is -2.38. The molecule has 0 saturated carbocycles. The van der Waals surface area contributed by atoms with Gasteiger partial charge in [0.2, 0.25) is 10.0 Å². The van der Waals surface area contributed by atoms with E-state index in [1.54, 1.807) is 31.2 Å². The molecular formula is C17H16ClNO3S. The molecule has 1 aliphatic carbocycles. The van der Waals surface area contributed by atoms with Crippen LogP contribution in [0.2, 0.25) is 5.02 Å². The van der Waals surface area contributed by atoms with E-state index < -0.39 is 14.8 Å². The van der Waals surface area contributed by atoms with Crippen molar-refractivity contribution >= 4 is 38.8 Å². The van der Waals surface area contributed by atoms with Gasteiger partial charge in [-0.25, -0.2) is 12.4 Å². The Morgan fingerprint density at radius 2 is 2.04 bits per heavy atom. The van der Waals surface area contributed by atoms with Crippen molar-refractivity contribution in [3.63, 3.8) is 0 Å². The summed E-state index contributed by atoms with van der Waals surface area (Å²) in [5.41, 5.74) is 1.66. The van der Waals surface area contributed by atoms with Gasteiger partial charge in [0.15, 0.2) is 6.29 Å². The van der Waals surface area contributed by atoms with Crippen molar-refractivity contribution in [1.29, 1.82) is 0 Å². The van der Waals surface area contributed by atoms with Crippen molar-refractivity contribution in [3.8, 4) is 0 Å². The Morgan fingerprint density at radius 1 is 1.30 bits per heavy atom. The van der Waals surface area contributed by atoms with Gasteiger partial charge in [-0.1, -0.05) is 35.4 Å². The number of hydrogen-bond acceptors (Lipinski definition) is 3. The van der Waals surface area contributed by atoms with Crippen LogP contribution >= 0.6 is 11.6 Å². The Morgan fingerprint density at radius 3 is 2.70 bits per heavy atom. The van der Waals surface area contributed by atoms with Gasteiger partial charge in [0, 0.05) is 17.1 Å². The van der Waals surface area contributed by atoms with Crippen LogP contribution in [0.3, 0.4) is 0 Å². The summed E-state index contributed by atoms with van der Waals surface area (Å²) in [4.78, 5) is 11.2. The van der Waals surface area contributed by atoms with Crippen LogP contribution in [0.1, 0.15) is 30.6 Å². The molecule has 120 valence electrons. The number of nitrogens with zero attached hydrogens (tertiary/aromatic N) is 1. The molecule has 0 amide bonds. The van der Waals surface area contributed by atoms with Crippen molar-refractivity contribution in [2.45, 2.75) is 25.0 Å². The maximum absolute atomic E-state index is 13.2. The van der Waals surface area contributed by atoms with Gasteiger partial charge in [0.05, 0.1) is 10.5 Å². The van der Waals surface area contributed by atoms with E-state index in [0.717, 1.165) is 5.57 Å². The molecule has 1 aliphatic rings. The normalized spacial score (nSPS) is 21.4. The molecule has 0 N–H and O–H groups in total. The topological polar surface area (TPSA) is 56.1 Å². The zero-order valence-corrected chi connectivity index (χ0v) is 14.4. The number of carbonyl (C=O) groups excluding carboxylic acids is 1. The van der Waals surface area contributed by atoms with Gasteiger partial charge in [-0.3, -0.25) is 4.79 Å². The fourth-order valence-electron chi connectivity index (χ4n) is 2.99. The number of rotatable bonds is 3. The van der Waals surface area contributed by atoms with E-state index in [4.69, 9.17) is 11.6 Å². The molecule has 3 rings (SSSR count). The van der Waals surface area contributed by atoms with Crippen LogP contribution in [0.5, 0.6) is 0 Å². The highest BCUT2D eigenvalue weighted by atomic mass is 35.5. The van der Waals surface area contributed by atoms with Gasteiger partial charge in [0.1, 0.15) is 4.75 Å². The molecule has 1 heterocycles. The van der Waals surface area contributed by atoms with E-state index in [2.05, 4.69) is 0 Å². The highest BCUT2D eigenvalue weighted by Crippen LogP contribution is 2.35. The molecule has 2 aromatic rings. The Bertz CT molecular complexity index is 969. The summed E-state index contributed by atoms with van der Waals surface area (Å²) in [6.07, 6.45) is 8.07. The number of hydrogen-bond donors (Lipinski definition) is 0. The van der Waals surface area contributed by atoms with E-state index in [1.807, 2.05) is 19.1 Å². The minimum Gasteiger partial charge on any atom is -0.298 e. The fourth-order valence-corrected chi connectivity index (χ4v) is 5.04. The van der Waals surface area contributed by atoms with Crippen molar-refractivity contribution in [2.24, 2.45) is 0 Å². The lowest BCUT2D eigenvalue weighted by molar-refractivity contribution is 0.112. The number of benzene rings is 1. The van der Waals surface area contributed by atoms with Crippen LogP contribution < -0.4 is 0 Å². The lowest BCUT2D eigenvalue weighted by Gasteiger charge is -2.28. The van der Waals surface area contributed by atoms with Crippen molar-refractivity contribution in [1.82, 2.24) is 3.97 Å². The summed E-state index contributed by atoms with van der Waals surface area (Å²) in [5.74, 6) is 0. The largest absolute Gasteiger partial charge is 0.298 e. The fraction of sp³-hybridized carbons (Fsp3) is 0.235. The average molecular weight is 350 g/mol. The predicted octanol–water partition coefficient (Wildman–Crippen LogP) is 3.95. The van der Waals surface area contributed by atoms with Gasteiger partial charge in [-0.05, 0) is 38.5 Å². The van der Waals surface area contributed by atoms with Gasteiger partial charge in [-0.15, -0.1) is 0 Å². The summed E-state index contributed by atoms with van der Waals surface area (Å²) in [7, 11) is -3.74. The van der Waals surface area contributed by atoms with Gasteiger partial charge in [-0.2, -0.15) is 0 Å². The zero-order chi connectivity index (χ0) is 16.8. The molecule has 0 fully saturated rings. The molecule has 1 unspecified atom stereocenters. The first-order valence-electron chi connectivity index (χ1n) is 7.16. The van der Waals surface area contributed by atoms with Crippen LogP contribution in [-0.4, -0.2) is 23.4 Å². The Hall–Kier alpha value is -1.85. The SMILES string of the molecule is CC1=CC(C)(S(=O)(=O)n2ccc3c(C=O)ccc(Cl)c32)CC=C1. The van der Waals surface area contributed by atoms with Crippen LogP contribution in [0, 0.1) is 0 Å². The first-order valence-corrected chi connectivity index (χ1v) is 8.98. The summed E-state index contributed by atoms with van der Waals surface area (Å²) in [6.45, 7) is 3.56. The van der Waals surface area contributed by atoms with Crippen molar-refractivity contribution < 1.29 is 13.2 Å². The minimum absolute atomic E-state index is 0.301. The van der Waals surface area contributed by atoms with E-state index >= 15 is 0 Å². The third-order valence-corrected chi connectivity index (χ3v) is 6.80. The maximum Gasteiger partial charge on any atom is 0.248 e. The molecule has 0 aliphatic heterocycles. The summed E-state index contributed by atoms with van der Waals surface area (Å²) < 4.78 is 26.6. The summed E-state index contributed by atoms with van der Waals surface area (Å²) in [6, 6.07) is 4.74. The quantitative estimate of drug-likeness (QED) is 0.788. The highest BCUT2D eigenvalue weighted by molar-refractivity contribution is 7.91. The smallest absolute Gasteiger partial charge is 0.248 e. The average Bonchev–Trinajstić information content (AvgIpc) is 2.94. The van der Waals surface area contributed by atoms with Crippen molar-refractivity contribution in [3.05, 3.63) is 58.8 Å². The molecule has 0 saturated heterocycles. The van der Waals surface area contributed by atoms with E-state index in [9.17, 15) is 13.2 Å². The number of aromatic nitrogens is 1. The monoisotopic (exact) mass is 349 g/mol. The van der Waals surface area contributed by atoms with E-state index in [-0.39, 0.29) is 0 Å². The number of carbonyl (C=O) groups is 1. The Kier molecular flexibility index (Phi) is 3.73. The van der Waals surface area contributed by atoms with Crippen LogP contribution in [-0.2, 0) is 10.0 Å². The standard InChI is InChI=1S/C17H16ClNO3S/c1-12-4-3-8-17(2,10-12)23(21,22)19-9-7-14-13(11-20)5-6-15(18)16(14)19/h3-7,9-11H,8H2,1-2H3. The molecule has 1 aromatic carbocycles. The number of halogens is 1. The molecular weight excluding hydrogens is 334 g/mol. The zero-order valence-electron chi connectivity index (χ0n) is 12.8. The van der Waals surface area contributed by atoms with Crippen molar-refractivity contribution in [2.75, 3.05) is 0 Å². The lowest BCUT2D eigenvalue weighted by atomic mass is 9.98. The van der Waals surface area contributed by atoms with E-state index in [1.165, 1.54) is 10.2 Å². The first-order chi connectivity index (χ1) is 10.8. The molecule has 0 bridgehead atoms. The molecule has 1 atom stereocenters. The first kappa shape index (κ1) is 16.0. The van der Waals surface area contributed by atoms with Gasteiger partial charge in [0.25, 0.3) is 0 Å². The molecule has 23 heavy (non-hydrogen) atoms. The maximum atomic E-state index is 13.2. The van der Waals surface area contributed by atoms with Crippen LogP contribution in [0.4, 0.5) is 0 Å². The number of aldehydes is 1. The van der Waals surface area contributed by atoms with Crippen LogP contribution in [0.15, 0.2) is 48.2 Å². The van der Waals surface area contributed by atoms with Gasteiger partial charge >= 0.3 is 0 Å². The summed E-state index contributed by atoms with van der Waals surface area (Å²) in [5, 5.41) is 0.835. The molecule has 0 radical (unpaired) electrons. The third kappa shape index (κ3) is 2.35. The Balaban J connectivity index is 2.29. The predicted molar refractivity (Wildman–Crippen MR) is 92.6 cm³/mol. The summed E-state index contributed by atoms with van der Waals surface area (Å²) >= 11 is 6.22. The third-order valence-electron chi connectivity index (χ3n) is 4.21. The Labute approximate surface area is 140 Å². The molecule has 1 aromatic heterocycles. The number of allylic oxidation sites excluding steroid dienone is 3. The van der Waals surface area contributed by atoms with Crippen LogP contribution in [0.25, 0.3) is 10.9 Å².